The average molecular weight is 296 g/mol. The van der Waals surface area contributed by atoms with Gasteiger partial charge in [-0.3, -0.25) is 4.98 Å². The summed E-state index contributed by atoms with van der Waals surface area (Å²) in [4.78, 5) is 5.28. The van der Waals surface area contributed by atoms with Crippen LogP contribution in [0.25, 0.3) is 0 Å². The van der Waals surface area contributed by atoms with E-state index in [9.17, 15) is 8.42 Å². The van der Waals surface area contributed by atoms with E-state index in [0.717, 1.165) is 0 Å². The SMILES string of the molecule is CC(Cc1cccs1)N(C)S(=O)(=O)c1cccnc1. The van der Waals surface area contributed by atoms with Gasteiger partial charge in [-0.25, -0.2) is 8.42 Å². The molecule has 0 aliphatic heterocycles. The fraction of sp³-hybridized carbons (Fsp3) is 0.308. The van der Waals surface area contributed by atoms with Gasteiger partial charge in [0.2, 0.25) is 10.0 Å². The van der Waals surface area contributed by atoms with Crippen molar-refractivity contribution in [1.82, 2.24) is 9.29 Å². The van der Waals surface area contributed by atoms with E-state index in [1.165, 1.54) is 15.4 Å². The molecular formula is C13H16N2O2S2. The first kappa shape index (κ1) is 14.2. The maximum Gasteiger partial charge on any atom is 0.244 e. The molecule has 4 nitrogen and oxygen atoms in total. The van der Waals surface area contributed by atoms with Gasteiger partial charge < -0.3 is 0 Å². The van der Waals surface area contributed by atoms with Gasteiger partial charge in [0.05, 0.1) is 0 Å². The smallest absolute Gasteiger partial charge is 0.244 e. The van der Waals surface area contributed by atoms with E-state index in [0.29, 0.717) is 6.42 Å². The van der Waals surface area contributed by atoms with E-state index in [1.54, 1.807) is 36.7 Å². The monoisotopic (exact) mass is 296 g/mol. The van der Waals surface area contributed by atoms with Crippen LogP contribution in [0, 0.1) is 0 Å². The van der Waals surface area contributed by atoms with Crippen LogP contribution in [0.2, 0.25) is 0 Å². The fourth-order valence-electron chi connectivity index (χ4n) is 1.75. The van der Waals surface area contributed by atoms with Gasteiger partial charge in [-0.1, -0.05) is 6.07 Å². The number of pyridine rings is 1. The topological polar surface area (TPSA) is 50.3 Å². The first-order chi connectivity index (χ1) is 9.01. The highest BCUT2D eigenvalue weighted by Gasteiger charge is 2.25. The Labute approximate surface area is 117 Å². The molecule has 1 atom stereocenters. The minimum atomic E-state index is -3.47. The highest BCUT2D eigenvalue weighted by molar-refractivity contribution is 7.89. The van der Waals surface area contributed by atoms with E-state index in [4.69, 9.17) is 0 Å². The minimum Gasteiger partial charge on any atom is -0.263 e. The van der Waals surface area contributed by atoms with Crippen LogP contribution >= 0.6 is 11.3 Å². The lowest BCUT2D eigenvalue weighted by atomic mass is 10.2. The molecule has 0 fully saturated rings. The van der Waals surface area contributed by atoms with Crippen molar-refractivity contribution < 1.29 is 8.42 Å². The molecule has 2 aromatic heterocycles. The van der Waals surface area contributed by atoms with Crippen molar-refractivity contribution in [2.75, 3.05) is 7.05 Å². The van der Waals surface area contributed by atoms with Crippen molar-refractivity contribution in [1.29, 1.82) is 0 Å². The number of likely N-dealkylation sites (N-methyl/N-ethyl adjacent to an activating group) is 1. The van der Waals surface area contributed by atoms with Crippen molar-refractivity contribution >= 4 is 21.4 Å². The van der Waals surface area contributed by atoms with Crippen LogP contribution in [-0.4, -0.2) is 30.8 Å². The number of nitrogens with zero attached hydrogens (tertiary/aromatic N) is 2. The summed E-state index contributed by atoms with van der Waals surface area (Å²) < 4.78 is 26.2. The second-order valence-electron chi connectivity index (χ2n) is 4.34. The number of aromatic nitrogens is 1. The summed E-state index contributed by atoms with van der Waals surface area (Å²) in [5.41, 5.74) is 0. The van der Waals surface area contributed by atoms with Crippen molar-refractivity contribution in [3.05, 3.63) is 46.9 Å². The predicted octanol–water partition coefficient (Wildman–Crippen LogP) is 2.39. The highest BCUT2D eigenvalue weighted by atomic mass is 32.2. The van der Waals surface area contributed by atoms with E-state index in [-0.39, 0.29) is 10.9 Å². The predicted molar refractivity (Wildman–Crippen MR) is 76.7 cm³/mol. The molecule has 0 spiro atoms. The number of rotatable bonds is 5. The molecule has 102 valence electrons. The molecular weight excluding hydrogens is 280 g/mol. The average Bonchev–Trinajstić information content (AvgIpc) is 2.91. The first-order valence-electron chi connectivity index (χ1n) is 5.92. The van der Waals surface area contributed by atoms with E-state index >= 15 is 0 Å². The molecule has 0 aliphatic rings. The van der Waals surface area contributed by atoms with Crippen molar-refractivity contribution in [3.63, 3.8) is 0 Å². The molecule has 2 heterocycles. The molecule has 0 N–H and O–H groups in total. The third-order valence-electron chi connectivity index (χ3n) is 3.01. The number of hydrogen-bond acceptors (Lipinski definition) is 4. The normalized spacial score (nSPS) is 13.6. The maximum atomic E-state index is 12.4. The molecule has 0 saturated heterocycles. The Hall–Kier alpha value is -1.24. The molecule has 6 heteroatoms. The number of sulfonamides is 1. The lowest BCUT2D eigenvalue weighted by Gasteiger charge is -2.23. The Morgan fingerprint density at radius 1 is 1.37 bits per heavy atom. The Morgan fingerprint density at radius 2 is 2.16 bits per heavy atom. The van der Waals surface area contributed by atoms with Gasteiger partial charge in [0, 0.05) is 30.4 Å². The van der Waals surface area contributed by atoms with E-state index in [1.807, 2.05) is 24.4 Å². The summed E-state index contributed by atoms with van der Waals surface area (Å²) >= 11 is 1.64. The van der Waals surface area contributed by atoms with Gasteiger partial charge in [0.25, 0.3) is 0 Å². The molecule has 19 heavy (non-hydrogen) atoms. The van der Waals surface area contributed by atoms with Crippen LogP contribution in [0.4, 0.5) is 0 Å². The molecule has 0 aromatic carbocycles. The zero-order valence-corrected chi connectivity index (χ0v) is 12.5. The lowest BCUT2D eigenvalue weighted by Crippen LogP contribution is -2.36. The van der Waals surface area contributed by atoms with Crippen LogP contribution in [0.1, 0.15) is 11.8 Å². The van der Waals surface area contributed by atoms with Gasteiger partial charge in [-0.05, 0) is 36.9 Å². The third-order valence-corrected chi connectivity index (χ3v) is 5.86. The molecule has 0 radical (unpaired) electrons. The summed E-state index contributed by atoms with van der Waals surface area (Å²) in [7, 11) is -1.85. The fourth-order valence-corrected chi connectivity index (χ4v) is 3.90. The standard InChI is InChI=1S/C13H16N2O2S2/c1-11(9-12-5-4-8-18-12)15(2)19(16,17)13-6-3-7-14-10-13/h3-8,10-11H,9H2,1-2H3. The van der Waals surface area contributed by atoms with Gasteiger partial charge in [-0.15, -0.1) is 11.3 Å². The maximum absolute atomic E-state index is 12.4. The van der Waals surface area contributed by atoms with Crippen molar-refractivity contribution in [2.24, 2.45) is 0 Å². The number of thiophene rings is 1. The summed E-state index contributed by atoms with van der Waals surface area (Å²) in [5, 5.41) is 2.00. The van der Waals surface area contributed by atoms with E-state index < -0.39 is 10.0 Å². The van der Waals surface area contributed by atoms with Crippen LogP contribution in [0.3, 0.4) is 0 Å². The minimum absolute atomic E-state index is 0.0937. The highest BCUT2D eigenvalue weighted by Crippen LogP contribution is 2.19. The van der Waals surface area contributed by atoms with Crippen molar-refractivity contribution in [2.45, 2.75) is 24.3 Å². The Kier molecular flexibility index (Phi) is 4.34. The summed E-state index contributed by atoms with van der Waals surface area (Å²) in [5.74, 6) is 0. The molecule has 1 unspecified atom stereocenters. The number of hydrogen-bond donors (Lipinski definition) is 0. The first-order valence-corrected chi connectivity index (χ1v) is 8.24. The van der Waals surface area contributed by atoms with Gasteiger partial charge >= 0.3 is 0 Å². The Morgan fingerprint density at radius 3 is 2.74 bits per heavy atom. The van der Waals surface area contributed by atoms with Gasteiger partial charge in [-0.2, -0.15) is 4.31 Å². The molecule has 2 rings (SSSR count). The summed E-state index contributed by atoms with van der Waals surface area (Å²) in [6.07, 6.45) is 3.66. The quantitative estimate of drug-likeness (QED) is 0.851. The molecule has 0 saturated carbocycles. The van der Waals surface area contributed by atoms with Gasteiger partial charge in [0.15, 0.2) is 0 Å². The van der Waals surface area contributed by atoms with Crippen LogP contribution in [-0.2, 0) is 16.4 Å². The van der Waals surface area contributed by atoms with Crippen LogP contribution in [0.5, 0.6) is 0 Å². The zero-order valence-electron chi connectivity index (χ0n) is 10.9. The van der Waals surface area contributed by atoms with Crippen molar-refractivity contribution in [3.8, 4) is 0 Å². The largest absolute Gasteiger partial charge is 0.263 e. The van der Waals surface area contributed by atoms with Gasteiger partial charge in [0.1, 0.15) is 4.90 Å². The lowest BCUT2D eigenvalue weighted by molar-refractivity contribution is 0.388. The Balaban J connectivity index is 2.16. The third kappa shape index (κ3) is 3.20. The second kappa shape index (κ2) is 5.81. The Bertz CT molecular complexity index is 609. The molecule has 2 aromatic rings. The molecule has 0 aliphatic carbocycles. The van der Waals surface area contributed by atoms with E-state index in [2.05, 4.69) is 4.98 Å². The summed E-state index contributed by atoms with van der Waals surface area (Å²) in [6.45, 7) is 1.91. The molecule has 0 bridgehead atoms. The molecule has 0 amide bonds. The van der Waals surface area contributed by atoms with Crippen LogP contribution in [0.15, 0.2) is 46.9 Å². The second-order valence-corrected chi connectivity index (χ2v) is 7.37. The van der Waals surface area contributed by atoms with Crippen LogP contribution < -0.4 is 0 Å². The summed E-state index contributed by atoms with van der Waals surface area (Å²) in [6, 6.07) is 7.10. The zero-order chi connectivity index (χ0) is 13.9.